The van der Waals surface area contributed by atoms with E-state index in [4.69, 9.17) is 0 Å². The molecule has 0 aliphatic rings. The molecule has 1 aromatic heterocycles. The van der Waals surface area contributed by atoms with E-state index in [1.165, 1.54) is 4.68 Å². The molecule has 0 fully saturated rings. The molecule has 1 rings (SSSR count). The molecule has 0 aliphatic heterocycles. The van der Waals surface area contributed by atoms with E-state index in [2.05, 4.69) is 10.4 Å². The number of aliphatic hydroxyl groups is 1. The number of nitrogens with one attached hydrogen (secondary N) is 1. The fourth-order valence-electron chi connectivity index (χ4n) is 2.36. The Morgan fingerprint density at radius 1 is 1.48 bits per heavy atom. The van der Waals surface area contributed by atoms with Crippen molar-refractivity contribution in [3.8, 4) is 0 Å². The second kappa shape index (κ2) is 6.89. The molecule has 0 saturated carbocycles. The van der Waals surface area contributed by atoms with E-state index in [1.54, 1.807) is 7.05 Å². The quantitative estimate of drug-likeness (QED) is 0.596. The molecule has 0 bridgehead atoms. The van der Waals surface area contributed by atoms with Crippen LogP contribution in [0.1, 0.15) is 46.2 Å². The zero-order valence-corrected chi connectivity index (χ0v) is 13.5. The molecular formula is C14H26N4O3. The molecule has 21 heavy (non-hydrogen) atoms. The average Bonchev–Trinajstić information content (AvgIpc) is 2.61. The van der Waals surface area contributed by atoms with E-state index < -0.39 is 11.0 Å². The standard InChI is InChI=1S/C14H26N4O3/c1-6-7-11-12(18(20)21)13(17(5)16-11)15-9-10(19)8-14(2,3)4/h10,15,19H,6-9H2,1-5H3. The van der Waals surface area contributed by atoms with Crippen LogP contribution >= 0.6 is 0 Å². The van der Waals surface area contributed by atoms with Crippen molar-refractivity contribution in [2.45, 2.75) is 53.1 Å². The first-order valence-electron chi connectivity index (χ1n) is 7.28. The number of anilines is 1. The summed E-state index contributed by atoms with van der Waals surface area (Å²) in [7, 11) is 1.67. The van der Waals surface area contributed by atoms with Gasteiger partial charge in [-0.3, -0.25) is 10.1 Å². The summed E-state index contributed by atoms with van der Waals surface area (Å²) < 4.78 is 1.48. The van der Waals surface area contributed by atoms with Crippen molar-refractivity contribution in [2.24, 2.45) is 12.5 Å². The fraction of sp³-hybridized carbons (Fsp3) is 0.786. The molecule has 1 unspecified atom stereocenters. The van der Waals surface area contributed by atoms with Crippen molar-refractivity contribution in [2.75, 3.05) is 11.9 Å². The van der Waals surface area contributed by atoms with Crippen LogP contribution in [0.5, 0.6) is 0 Å². The molecule has 0 spiro atoms. The predicted octanol–water partition coefficient (Wildman–Crippen LogP) is 2.49. The van der Waals surface area contributed by atoms with Crippen LogP contribution < -0.4 is 5.32 Å². The fourth-order valence-corrected chi connectivity index (χ4v) is 2.36. The highest BCUT2D eigenvalue weighted by Gasteiger charge is 2.26. The number of aryl methyl sites for hydroxylation is 2. The van der Waals surface area contributed by atoms with Crippen LogP contribution in [0.4, 0.5) is 11.5 Å². The van der Waals surface area contributed by atoms with Gasteiger partial charge in [0.25, 0.3) is 0 Å². The largest absolute Gasteiger partial charge is 0.391 e. The Bertz CT molecular complexity index is 491. The third kappa shape index (κ3) is 5.00. The molecule has 7 nitrogen and oxygen atoms in total. The lowest BCUT2D eigenvalue weighted by molar-refractivity contribution is -0.384. The number of aliphatic hydroxyl groups excluding tert-OH is 1. The molecule has 0 amide bonds. The summed E-state index contributed by atoms with van der Waals surface area (Å²) in [6.07, 6.45) is 1.42. The minimum Gasteiger partial charge on any atom is -0.391 e. The number of hydrogen-bond acceptors (Lipinski definition) is 5. The summed E-state index contributed by atoms with van der Waals surface area (Å²) in [5.74, 6) is 0.358. The number of rotatable bonds is 7. The number of hydrogen-bond donors (Lipinski definition) is 2. The summed E-state index contributed by atoms with van der Waals surface area (Å²) in [6, 6.07) is 0. The maximum absolute atomic E-state index is 11.3. The van der Waals surface area contributed by atoms with Gasteiger partial charge in [-0.2, -0.15) is 5.10 Å². The second-order valence-corrected chi connectivity index (χ2v) is 6.57. The highest BCUT2D eigenvalue weighted by atomic mass is 16.6. The van der Waals surface area contributed by atoms with Gasteiger partial charge in [0.2, 0.25) is 5.82 Å². The molecule has 0 radical (unpaired) electrons. The van der Waals surface area contributed by atoms with Crippen molar-refractivity contribution in [3.63, 3.8) is 0 Å². The van der Waals surface area contributed by atoms with E-state index in [9.17, 15) is 15.2 Å². The first kappa shape index (κ1) is 17.4. The van der Waals surface area contributed by atoms with Crippen LogP contribution in [0.3, 0.4) is 0 Å². The van der Waals surface area contributed by atoms with Crippen molar-refractivity contribution in [1.82, 2.24) is 9.78 Å². The Morgan fingerprint density at radius 2 is 2.10 bits per heavy atom. The normalized spacial score (nSPS) is 13.2. The number of nitrogens with zero attached hydrogens (tertiary/aromatic N) is 3. The topological polar surface area (TPSA) is 93.2 Å². The SMILES string of the molecule is CCCc1nn(C)c(NCC(O)CC(C)(C)C)c1[N+](=O)[O-]. The van der Waals surface area contributed by atoms with Crippen LogP contribution in [0, 0.1) is 15.5 Å². The van der Waals surface area contributed by atoms with Crippen molar-refractivity contribution >= 4 is 11.5 Å². The van der Waals surface area contributed by atoms with Gasteiger partial charge in [0, 0.05) is 13.6 Å². The van der Waals surface area contributed by atoms with Gasteiger partial charge in [0.05, 0.1) is 11.0 Å². The Morgan fingerprint density at radius 3 is 2.57 bits per heavy atom. The molecule has 1 atom stereocenters. The van der Waals surface area contributed by atoms with Gasteiger partial charge in [-0.05, 0) is 18.3 Å². The van der Waals surface area contributed by atoms with Gasteiger partial charge in [-0.15, -0.1) is 0 Å². The molecule has 120 valence electrons. The molecular weight excluding hydrogens is 272 g/mol. The summed E-state index contributed by atoms with van der Waals surface area (Å²) in [4.78, 5) is 10.8. The zero-order chi connectivity index (χ0) is 16.2. The monoisotopic (exact) mass is 298 g/mol. The first-order chi connectivity index (χ1) is 9.65. The molecule has 2 N–H and O–H groups in total. The van der Waals surface area contributed by atoms with Crippen LogP contribution in [0.2, 0.25) is 0 Å². The first-order valence-corrected chi connectivity index (χ1v) is 7.28. The third-order valence-corrected chi connectivity index (χ3v) is 3.11. The molecule has 0 aliphatic carbocycles. The maximum atomic E-state index is 11.3. The lowest BCUT2D eigenvalue weighted by Crippen LogP contribution is -2.26. The Balaban J connectivity index is 2.85. The van der Waals surface area contributed by atoms with Crippen LogP contribution in [-0.4, -0.2) is 32.5 Å². The van der Waals surface area contributed by atoms with E-state index >= 15 is 0 Å². The van der Waals surface area contributed by atoms with Gasteiger partial charge < -0.3 is 10.4 Å². The van der Waals surface area contributed by atoms with E-state index in [1.807, 2.05) is 27.7 Å². The maximum Gasteiger partial charge on any atom is 0.333 e. The number of nitro groups is 1. The van der Waals surface area contributed by atoms with E-state index in [0.717, 1.165) is 6.42 Å². The second-order valence-electron chi connectivity index (χ2n) is 6.57. The molecule has 0 saturated heterocycles. The van der Waals surface area contributed by atoms with Crippen molar-refractivity contribution < 1.29 is 10.0 Å². The van der Waals surface area contributed by atoms with Crippen molar-refractivity contribution in [3.05, 3.63) is 15.8 Å². The van der Waals surface area contributed by atoms with Gasteiger partial charge in [-0.25, -0.2) is 4.68 Å². The van der Waals surface area contributed by atoms with Gasteiger partial charge in [-0.1, -0.05) is 34.1 Å². The van der Waals surface area contributed by atoms with Gasteiger partial charge >= 0.3 is 5.69 Å². The molecule has 1 heterocycles. The van der Waals surface area contributed by atoms with Crippen molar-refractivity contribution in [1.29, 1.82) is 0 Å². The average molecular weight is 298 g/mol. The van der Waals surface area contributed by atoms with Crippen LogP contribution in [0.25, 0.3) is 0 Å². The molecule has 7 heteroatoms. The van der Waals surface area contributed by atoms with Gasteiger partial charge in [0.1, 0.15) is 5.69 Å². The van der Waals surface area contributed by atoms with Gasteiger partial charge in [0.15, 0.2) is 0 Å². The predicted molar refractivity (Wildman–Crippen MR) is 82.4 cm³/mol. The summed E-state index contributed by atoms with van der Waals surface area (Å²) in [5, 5.41) is 28.4. The summed E-state index contributed by atoms with van der Waals surface area (Å²) in [5.41, 5.74) is 0.507. The summed E-state index contributed by atoms with van der Waals surface area (Å²) in [6.45, 7) is 8.36. The Hall–Kier alpha value is -1.63. The lowest BCUT2D eigenvalue weighted by atomic mass is 9.89. The summed E-state index contributed by atoms with van der Waals surface area (Å²) >= 11 is 0. The lowest BCUT2D eigenvalue weighted by Gasteiger charge is -2.22. The van der Waals surface area contributed by atoms with Crippen LogP contribution in [0.15, 0.2) is 0 Å². The molecule has 0 aromatic carbocycles. The minimum absolute atomic E-state index is 0.00681. The highest BCUT2D eigenvalue weighted by molar-refractivity contribution is 5.59. The minimum atomic E-state index is -0.561. The van der Waals surface area contributed by atoms with Crippen LogP contribution in [-0.2, 0) is 13.5 Å². The smallest absolute Gasteiger partial charge is 0.333 e. The molecule has 1 aromatic rings. The highest BCUT2D eigenvalue weighted by Crippen LogP contribution is 2.29. The number of aromatic nitrogens is 2. The van der Waals surface area contributed by atoms with E-state index in [0.29, 0.717) is 24.4 Å². The zero-order valence-electron chi connectivity index (χ0n) is 13.5. The third-order valence-electron chi connectivity index (χ3n) is 3.11. The van der Waals surface area contributed by atoms with E-state index in [-0.39, 0.29) is 17.6 Å². The Labute approximate surface area is 125 Å². The Kier molecular flexibility index (Phi) is 5.71.